The second-order valence-corrected chi connectivity index (χ2v) is 5.63. The van der Waals surface area contributed by atoms with Crippen LogP contribution in [0.5, 0.6) is 5.75 Å². The first kappa shape index (κ1) is 16.0. The van der Waals surface area contributed by atoms with E-state index in [2.05, 4.69) is 35.1 Å². The minimum Gasteiger partial charge on any atom is -0.484 e. The number of hydrogen-bond donors (Lipinski definition) is 2. The van der Waals surface area contributed by atoms with Gasteiger partial charge in [-0.25, -0.2) is 0 Å². The lowest BCUT2D eigenvalue weighted by molar-refractivity contribution is -0.123. The minimum atomic E-state index is -0.0992. The van der Waals surface area contributed by atoms with E-state index < -0.39 is 0 Å². The fourth-order valence-corrected chi connectivity index (χ4v) is 1.91. The van der Waals surface area contributed by atoms with Crippen LogP contribution in [-0.4, -0.2) is 19.1 Å². The first-order valence-corrected chi connectivity index (χ1v) is 7.20. The van der Waals surface area contributed by atoms with Crippen LogP contribution in [0, 0.1) is 5.92 Å². The van der Waals surface area contributed by atoms with Crippen LogP contribution in [0.25, 0.3) is 0 Å². The van der Waals surface area contributed by atoms with Crippen LogP contribution >= 0.6 is 15.9 Å². The molecule has 5 heteroatoms. The van der Waals surface area contributed by atoms with E-state index in [1.165, 1.54) is 0 Å². The predicted molar refractivity (Wildman–Crippen MR) is 80.0 cm³/mol. The van der Waals surface area contributed by atoms with Crippen molar-refractivity contribution in [2.75, 3.05) is 13.2 Å². The number of hydrogen-bond acceptors (Lipinski definition) is 3. The molecule has 3 N–H and O–H groups in total. The maximum absolute atomic E-state index is 11.5. The van der Waals surface area contributed by atoms with E-state index in [-0.39, 0.29) is 12.5 Å². The van der Waals surface area contributed by atoms with Gasteiger partial charge in [-0.05, 0) is 36.1 Å². The first-order chi connectivity index (χ1) is 9.02. The van der Waals surface area contributed by atoms with Crippen molar-refractivity contribution in [3.05, 3.63) is 28.2 Å². The Morgan fingerprint density at radius 1 is 1.47 bits per heavy atom. The Morgan fingerprint density at radius 2 is 2.21 bits per heavy atom. The zero-order valence-electron chi connectivity index (χ0n) is 11.4. The van der Waals surface area contributed by atoms with Crippen molar-refractivity contribution in [2.45, 2.75) is 26.8 Å². The van der Waals surface area contributed by atoms with Gasteiger partial charge in [0.2, 0.25) is 0 Å². The quantitative estimate of drug-likeness (QED) is 0.808. The first-order valence-electron chi connectivity index (χ1n) is 6.41. The minimum absolute atomic E-state index is 0.0315. The van der Waals surface area contributed by atoms with Gasteiger partial charge in [0.05, 0.1) is 0 Å². The lowest BCUT2D eigenvalue weighted by Gasteiger charge is -2.10. The van der Waals surface area contributed by atoms with Crippen molar-refractivity contribution in [3.63, 3.8) is 0 Å². The Balaban J connectivity index is 2.37. The molecule has 0 bridgehead atoms. The van der Waals surface area contributed by atoms with Crippen LogP contribution in [0.3, 0.4) is 0 Å². The summed E-state index contributed by atoms with van der Waals surface area (Å²) in [6.45, 7) is 5.40. The molecule has 0 aromatic heterocycles. The van der Waals surface area contributed by atoms with Gasteiger partial charge in [-0.1, -0.05) is 29.8 Å². The Hall–Kier alpha value is -1.07. The predicted octanol–water partition coefficient (Wildman–Crippen LogP) is 2.45. The Labute approximate surface area is 122 Å². The molecule has 0 heterocycles. The molecule has 0 saturated heterocycles. The third-order valence-electron chi connectivity index (χ3n) is 2.65. The average molecular weight is 329 g/mol. The highest BCUT2D eigenvalue weighted by atomic mass is 79.9. The number of benzene rings is 1. The van der Waals surface area contributed by atoms with Gasteiger partial charge in [0.25, 0.3) is 5.91 Å². The lowest BCUT2D eigenvalue weighted by Crippen LogP contribution is -2.30. The number of nitrogens with two attached hydrogens (primary N) is 1. The second-order valence-electron chi connectivity index (χ2n) is 4.78. The normalized spacial score (nSPS) is 10.6. The van der Waals surface area contributed by atoms with Crippen LogP contribution in [0.2, 0.25) is 0 Å². The number of nitrogens with one attached hydrogen (secondary N) is 1. The van der Waals surface area contributed by atoms with Gasteiger partial charge >= 0.3 is 0 Å². The number of rotatable bonds is 7. The Kier molecular flexibility index (Phi) is 6.87. The molecule has 0 saturated carbocycles. The summed E-state index contributed by atoms with van der Waals surface area (Å²) in [6.07, 6.45) is 0.974. The summed E-state index contributed by atoms with van der Waals surface area (Å²) in [7, 11) is 0. The third kappa shape index (κ3) is 6.07. The molecule has 0 fully saturated rings. The average Bonchev–Trinajstić information content (AvgIpc) is 2.37. The summed E-state index contributed by atoms with van der Waals surface area (Å²) in [6, 6.07) is 5.52. The van der Waals surface area contributed by atoms with Crippen molar-refractivity contribution in [1.29, 1.82) is 0 Å². The van der Waals surface area contributed by atoms with Crippen molar-refractivity contribution in [3.8, 4) is 5.75 Å². The molecule has 0 radical (unpaired) electrons. The maximum atomic E-state index is 11.5. The summed E-state index contributed by atoms with van der Waals surface area (Å²) in [5.41, 5.74) is 6.56. The van der Waals surface area contributed by atoms with Gasteiger partial charge in [0.1, 0.15) is 5.75 Å². The largest absolute Gasteiger partial charge is 0.484 e. The molecule has 19 heavy (non-hydrogen) atoms. The summed E-state index contributed by atoms with van der Waals surface area (Å²) < 4.78 is 6.38. The molecular weight excluding hydrogens is 308 g/mol. The van der Waals surface area contributed by atoms with E-state index in [4.69, 9.17) is 10.5 Å². The van der Waals surface area contributed by atoms with Crippen LogP contribution in [0.4, 0.5) is 0 Å². The van der Waals surface area contributed by atoms with E-state index in [9.17, 15) is 4.79 Å². The van der Waals surface area contributed by atoms with Gasteiger partial charge in [-0.2, -0.15) is 0 Å². The van der Waals surface area contributed by atoms with E-state index >= 15 is 0 Å². The standard InChI is InChI=1S/C14H21BrN2O2/c1-10(2)5-6-17-14(18)9-19-12-3-4-13(15)11(7-12)8-16/h3-4,7,10H,5-6,8-9,16H2,1-2H3,(H,17,18). The van der Waals surface area contributed by atoms with E-state index in [0.717, 1.165) is 16.5 Å². The highest BCUT2D eigenvalue weighted by Crippen LogP contribution is 2.22. The van der Waals surface area contributed by atoms with Crippen LogP contribution < -0.4 is 15.8 Å². The monoisotopic (exact) mass is 328 g/mol. The molecule has 1 rings (SSSR count). The number of carbonyl (C=O) groups is 1. The molecule has 1 aromatic rings. The highest BCUT2D eigenvalue weighted by molar-refractivity contribution is 9.10. The van der Waals surface area contributed by atoms with Crippen LogP contribution in [0.15, 0.2) is 22.7 Å². The van der Waals surface area contributed by atoms with Crippen LogP contribution in [0.1, 0.15) is 25.8 Å². The summed E-state index contributed by atoms with van der Waals surface area (Å²) >= 11 is 3.40. The Morgan fingerprint density at radius 3 is 2.84 bits per heavy atom. The molecule has 0 aliphatic heterocycles. The SMILES string of the molecule is CC(C)CCNC(=O)COc1ccc(Br)c(CN)c1. The van der Waals surface area contributed by atoms with Crippen molar-refractivity contribution in [2.24, 2.45) is 11.7 Å². The zero-order chi connectivity index (χ0) is 14.3. The lowest BCUT2D eigenvalue weighted by atomic mass is 10.1. The molecule has 0 aliphatic carbocycles. The summed E-state index contributed by atoms with van der Waals surface area (Å²) in [4.78, 5) is 11.5. The molecule has 0 spiro atoms. The van der Waals surface area contributed by atoms with E-state index in [0.29, 0.717) is 24.8 Å². The third-order valence-corrected chi connectivity index (χ3v) is 3.42. The van der Waals surface area contributed by atoms with Gasteiger partial charge in [0.15, 0.2) is 6.61 Å². The molecule has 4 nitrogen and oxygen atoms in total. The highest BCUT2D eigenvalue weighted by Gasteiger charge is 2.05. The van der Waals surface area contributed by atoms with Gasteiger partial charge in [-0.3, -0.25) is 4.79 Å². The van der Waals surface area contributed by atoms with E-state index in [1.54, 1.807) is 0 Å². The molecule has 0 unspecified atom stereocenters. The number of amides is 1. The fourth-order valence-electron chi connectivity index (χ4n) is 1.50. The molecule has 0 aliphatic rings. The van der Waals surface area contributed by atoms with Gasteiger partial charge in [0, 0.05) is 17.6 Å². The van der Waals surface area contributed by atoms with Crippen LogP contribution in [-0.2, 0) is 11.3 Å². The molecule has 1 amide bonds. The van der Waals surface area contributed by atoms with Gasteiger partial charge < -0.3 is 15.8 Å². The smallest absolute Gasteiger partial charge is 0.257 e. The fraction of sp³-hybridized carbons (Fsp3) is 0.500. The summed E-state index contributed by atoms with van der Waals surface area (Å²) in [5, 5.41) is 2.83. The van der Waals surface area contributed by atoms with Crippen molar-refractivity contribution < 1.29 is 9.53 Å². The number of halogens is 1. The number of ether oxygens (including phenoxy) is 1. The zero-order valence-corrected chi connectivity index (χ0v) is 13.0. The van der Waals surface area contributed by atoms with Crippen molar-refractivity contribution in [1.82, 2.24) is 5.32 Å². The molecule has 1 aromatic carbocycles. The number of carbonyl (C=O) groups excluding carboxylic acids is 1. The van der Waals surface area contributed by atoms with Crippen molar-refractivity contribution >= 4 is 21.8 Å². The maximum Gasteiger partial charge on any atom is 0.257 e. The molecule has 0 atom stereocenters. The molecule has 106 valence electrons. The summed E-state index contributed by atoms with van der Waals surface area (Å²) in [5.74, 6) is 1.14. The molecular formula is C14H21BrN2O2. The Bertz CT molecular complexity index is 422. The van der Waals surface area contributed by atoms with Gasteiger partial charge in [-0.15, -0.1) is 0 Å². The second kappa shape index (κ2) is 8.17. The van der Waals surface area contributed by atoms with E-state index in [1.807, 2.05) is 18.2 Å². The topological polar surface area (TPSA) is 64.3 Å².